The van der Waals surface area contributed by atoms with Crippen molar-refractivity contribution in [2.24, 2.45) is 11.8 Å². The number of carbonyl (C=O) groups is 1. The van der Waals surface area contributed by atoms with Gasteiger partial charge in [-0.3, -0.25) is 4.79 Å². The minimum atomic E-state index is -1.75. The number of ether oxygens (including phenoxy) is 6. The zero-order chi connectivity index (χ0) is 37.2. The van der Waals surface area contributed by atoms with Crippen LogP contribution in [-0.4, -0.2) is 167 Å². The zero-order valence-electron chi connectivity index (χ0n) is 31.7. The van der Waals surface area contributed by atoms with Crippen LogP contribution in [0.4, 0.5) is 0 Å². The number of hydrogen-bond acceptors (Lipinski definition) is 14. The third kappa shape index (κ3) is 10.3. The maximum absolute atomic E-state index is 13.5. The minimum Gasteiger partial charge on any atom is -0.462 e. The maximum Gasteiger partial charge on any atom is 0.308 e. The van der Waals surface area contributed by atoms with Crippen LogP contribution in [0, 0.1) is 11.8 Å². The molecule has 0 aromatic rings. The minimum absolute atomic E-state index is 0.127. The van der Waals surface area contributed by atoms with E-state index in [0.29, 0.717) is 13.0 Å². The van der Waals surface area contributed by atoms with Gasteiger partial charge < -0.3 is 63.8 Å². The van der Waals surface area contributed by atoms with Crippen molar-refractivity contribution in [3.63, 3.8) is 0 Å². The Morgan fingerprint density at radius 1 is 0.918 bits per heavy atom. The highest BCUT2D eigenvalue weighted by atomic mass is 16.7. The SMILES string of the molecule is CO[C@]1(C)C[C@H](O[C@@H]2CC(=O)OC[C@@](C)(O)[C@H](O)[C@@H](C)N(C)C[C@H](C)C[C@@](C)(O)[C@H](O[C@@H]3O[C@H](C)C[C@H](N(C)C)[C@H]3O)[C@H]2C)O[C@@H](C)[C@@H]1O. The van der Waals surface area contributed by atoms with Gasteiger partial charge in [-0.2, -0.15) is 0 Å². The van der Waals surface area contributed by atoms with E-state index in [2.05, 4.69) is 0 Å². The second-order valence-corrected chi connectivity index (χ2v) is 16.1. The van der Waals surface area contributed by atoms with Gasteiger partial charge in [-0.1, -0.05) is 13.8 Å². The Hall–Kier alpha value is -1.01. The summed E-state index contributed by atoms with van der Waals surface area (Å²) < 4.78 is 36.6. The molecule has 14 nitrogen and oxygen atoms in total. The van der Waals surface area contributed by atoms with E-state index in [4.69, 9.17) is 28.4 Å². The highest BCUT2D eigenvalue weighted by Crippen LogP contribution is 2.38. The van der Waals surface area contributed by atoms with E-state index in [1.54, 1.807) is 34.6 Å². The molecule has 0 saturated carbocycles. The highest BCUT2D eigenvalue weighted by Gasteiger charge is 2.50. The average molecular weight is 707 g/mol. The summed E-state index contributed by atoms with van der Waals surface area (Å²) in [6.45, 7) is 14.0. The Kier molecular flexibility index (Phi) is 14.5. The second kappa shape index (κ2) is 16.8. The van der Waals surface area contributed by atoms with E-state index < -0.39 is 90.5 Å². The van der Waals surface area contributed by atoms with Crippen molar-refractivity contribution in [2.45, 2.75) is 165 Å². The van der Waals surface area contributed by atoms with Gasteiger partial charge in [0, 0.05) is 38.1 Å². The average Bonchev–Trinajstić information content (AvgIpc) is 3.00. The quantitative estimate of drug-likeness (QED) is 0.246. The molecule has 3 rings (SSSR count). The molecular weight excluding hydrogens is 640 g/mol. The Morgan fingerprint density at radius 2 is 1.55 bits per heavy atom. The molecule has 3 aliphatic rings. The van der Waals surface area contributed by atoms with Gasteiger partial charge in [0.15, 0.2) is 12.6 Å². The van der Waals surface area contributed by atoms with Crippen LogP contribution in [-0.2, 0) is 33.2 Å². The lowest BCUT2D eigenvalue weighted by atomic mass is 9.79. The van der Waals surface area contributed by atoms with Gasteiger partial charge in [0.1, 0.15) is 30.5 Å². The number of likely N-dealkylation sites (N-methyl/N-ethyl adjacent to an activating group) is 2. The molecule has 288 valence electrons. The Bertz CT molecular complexity index is 1060. The summed E-state index contributed by atoms with van der Waals surface area (Å²) in [5.41, 5.74) is -4.29. The number of aliphatic hydroxyl groups excluding tert-OH is 3. The summed E-state index contributed by atoms with van der Waals surface area (Å²) in [5.74, 6) is -1.55. The summed E-state index contributed by atoms with van der Waals surface area (Å²) in [4.78, 5) is 17.3. The van der Waals surface area contributed by atoms with Crippen molar-refractivity contribution < 1.29 is 58.7 Å². The first-order chi connectivity index (χ1) is 22.5. The number of esters is 1. The normalized spacial score (nSPS) is 48.9. The van der Waals surface area contributed by atoms with Crippen molar-refractivity contribution in [1.82, 2.24) is 9.80 Å². The van der Waals surface area contributed by atoms with Gasteiger partial charge in [-0.25, -0.2) is 0 Å². The van der Waals surface area contributed by atoms with Crippen LogP contribution in [0.5, 0.6) is 0 Å². The number of methoxy groups -OCH3 is 1. The fourth-order valence-electron chi connectivity index (χ4n) is 7.82. The number of hydrogen-bond donors (Lipinski definition) is 5. The molecule has 0 bridgehead atoms. The van der Waals surface area contributed by atoms with Gasteiger partial charge >= 0.3 is 5.97 Å². The van der Waals surface area contributed by atoms with Crippen LogP contribution < -0.4 is 0 Å². The van der Waals surface area contributed by atoms with Crippen LogP contribution in [0.25, 0.3) is 0 Å². The van der Waals surface area contributed by atoms with Crippen LogP contribution in [0.1, 0.15) is 81.1 Å². The molecule has 0 unspecified atom stereocenters. The third-order valence-electron chi connectivity index (χ3n) is 11.1. The molecular formula is C35H66N2O12. The van der Waals surface area contributed by atoms with Crippen molar-refractivity contribution in [2.75, 3.05) is 41.4 Å². The molecule has 14 heteroatoms. The number of nitrogens with zero attached hydrogens (tertiary/aromatic N) is 2. The van der Waals surface area contributed by atoms with Crippen LogP contribution >= 0.6 is 0 Å². The molecule has 0 radical (unpaired) electrons. The van der Waals surface area contributed by atoms with Crippen LogP contribution in [0.2, 0.25) is 0 Å². The summed E-state index contributed by atoms with van der Waals surface area (Å²) in [5, 5.41) is 56.8. The maximum atomic E-state index is 13.5. The number of aliphatic hydroxyl groups is 5. The van der Waals surface area contributed by atoms with Gasteiger partial charge in [-0.15, -0.1) is 0 Å². The Morgan fingerprint density at radius 3 is 2.14 bits per heavy atom. The molecule has 0 aliphatic carbocycles. The molecule has 0 amide bonds. The van der Waals surface area contributed by atoms with E-state index in [1.165, 1.54) is 14.0 Å². The van der Waals surface area contributed by atoms with Crippen LogP contribution in [0.3, 0.4) is 0 Å². The van der Waals surface area contributed by atoms with Gasteiger partial charge in [0.25, 0.3) is 0 Å². The summed E-state index contributed by atoms with van der Waals surface area (Å²) in [6, 6.07) is -0.777. The van der Waals surface area contributed by atoms with Gasteiger partial charge in [0.2, 0.25) is 0 Å². The molecule has 0 aromatic carbocycles. The lowest BCUT2D eigenvalue weighted by Crippen LogP contribution is -2.59. The van der Waals surface area contributed by atoms with E-state index in [-0.39, 0.29) is 37.3 Å². The largest absolute Gasteiger partial charge is 0.462 e. The third-order valence-corrected chi connectivity index (χ3v) is 11.1. The van der Waals surface area contributed by atoms with E-state index >= 15 is 0 Å². The van der Waals surface area contributed by atoms with Crippen molar-refractivity contribution >= 4 is 5.97 Å². The van der Waals surface area contributed by atoms with Crippen LogP contribution in [0.15, 0.2) is 0 Å². The first-order valence-corrected chi connectivity index (χ1v) is 17.7. The Balaban J connectivity index is 2.07. The molecule has 49 heavy (non-hydrogen) atoms. The first kappa shape index (κ1) is 42.4. The lowest BCUT2D eigenvalue weighted by molar-refractivity contribution is -0.315. The lowest BCUT2D eigenvalue weighted by Gasteiger charge is -2.48. The fourth-order valence-corrected chi connectivity index (χ4v) is 7.82. The predicted octanol–water partition coefficient (Wildman–Crippen LogP) is 0.876. The monoisotopic (exact) mass is 706 g/mol. The van der Waals surface area contributed by atoms with Gasteiger partial charge in [-0.05, 0) is 81.4 Å². The number of cyclic esters (lactones) is 1. The number of carbonyl (C=O) groups excluding carboxylic acids is 1. The van der Waals surface area contributed by atoms with Crippen molar-refractivity contribution in [3.8, 4) is 0 Å². The molecule has 3 aliphatic heterocycles. The summed E-state index contributed by atoms with van der Waals surface area (Å²) in [7, 11) is 7.08. The van der Waals surface area contributed by atoms with E-state index in [1.807, 2.05) is 44.8 Å². The molecule has 3 saturated heterocycles. The summed E-state index contributed by atoms with van der Waals surface area (Å²) >= 11 is 0. The zero-order valence-corrected chi connectivity index (χ0v) is 31.7. The molecule has 0 spiro atoms. The first-order valence-electron chi connectivity index (χ1n) is 17.7. The predicted molar refractivity (Wildman–Crippen MR) is 180 cm³/mol. The molecule has 5 N–H and O–H groups in total. The smallest absolute Gasteiger partial charge is 0.308 e. The standard InChI is InChI=1S/C35H66N2O12/c1-19-15-33(6,42)31(49-32-28(39)24(36(9)10)13-20(2)46-32)21(3)25(48-27-16-35(8,44-12)30(41)23(5)47-27)14-26(38)45-18-34(7,43)29(40)22(4)37(11)17-19/h19-25,27-32,39-43H,13-18H2,1-12H3/t19-,20-,21+,22-,23+,24+,25-,27+,28-,29-,30+,31-,32+,33-,34-,35-/m1/s1. The molecule has 3 fully saturated rings. The molecule has 3 heterocycles. The molecule has 16 atom stereocenters. The van der Waals surface area contributed by atoms with E-state index in [9.17, 15) is 30.3 Å². The topological polar surface area (TPSA) is 180 Å². The summed E-state index contributed by atoms with van der Waals surface area (Å²) in [6.07, 6.45) is -7.48. The number of rotatable bonds is 6. The highest BCUT2D eigenvalue weighted by molar-refractivity contribution is 5.70. The van der Waals surface area contributed by atoms with Crippen molar-refractivity contribution in [3.05, 3.63) is 0 Å². The van der Waals surface area contributed by atoms with E-state index in [0.717, 1.165) is 0 Å². The second-order valence-electron chi connectivity index (χ2n) is 16.1. The van der Waals surface area contributed by atoms with Crippen molar-refractivity contribution in [1.29, 1.82) is 0 Å². The Labute approximate surface area is 292 Å². The fraction of sp³-hybridized carbons (Fsp3) is 0.971. The van der Waals surface area contributed by atoms with Gasteiger partial charge in [0.05, 0.1) is 42.0 Å². The molecule has 0 aromatic heterocycles.